The Hall–Kier alpha value is -2.79. The molecule has 174 valence electrons. The fourth-order valence-corrected chi connectivity index (χ4v) is 4.38. The van der Waals surface area contributed by atoms with Gasteiger partial charge in [0.2, 0.25) is 15.9 Å². The summed E-state index contributed by atoms with van der Waals surface area (Å²) in [4.78, 5) is 25.2. The summed E-state index contributed by atoms with van der Waals surface area (Å²) < 4.78 is 24.2. The SMILES string of the molecule is CC(C)C(C(=O)NC1CCCCC1)n1cc(CNC(=O)c2ccc(S(N)(=O)=O)cc2)nn1. The molecule has 1 heterocycles. The number of aromatic nitrogens is 3. The lowest BCUT2D eigenvalue weighted by molar-refractivity contribution is -0.126. The van der Waals surface area contributed by atoms with Crippen LogP contribution in [0.2, 0.25) is 0 Å². The number of carbonyl (C=O) groups is 2. The molecule has 1 aromatic heterocycles. The second-order valence-corrected chi connectivity index (χ2v) is 10.0. The van der Waals surface area contributed by atoms with E-state index in [-0.39, 0.29) is 34.9 Å². The molecule has 1 aliphatic carbocycles. The van der Waals surface area contributed by atoms with Crippen molar-refractivity contribution in [2.45, 2.75) is 69.5 Å². The van der Waals surface area contributed by atoms with Crippen molar-refractivity contribution in [2.24, 2.45) is 11.1 Å². The number of nitrogens with zero attached hydrogens (tertiary/aromatic N) is 3. The molecule has 2 aromatic rings. The Kier molecular flexibility index (Phi) is 7.62. The van der Waals surface area contributed by atoms with E-state index in [2.05, 4.69) is 20.9 Å². The first kappa shape index (κ1) is 23.9. The van der Waals surface area contributed by atoms with Crippen LogP contribution in [-0.2, 0) is 21.4 Å². The van der Waals surface area contributed by atoms with Gasteiger partial charge >= 0.3 is 0 Å². The van der Waals surface area contributed by atoms with Crippen molar-refractivity contribution >= 4 is 21.8 Å². The monoisotopic (exact) mass is 462 g/mol. The number of amides is 2. The molecule has 0 spiro atoms. The maximum atomic E-state index is 12.9. The molecule has 1 saturated carbocycles. The number of rotatable bonds is 8. The van der Waals surface area contributed by atoms with Crippen LogP contribution < -0.4 is 15.8 Å². The summed E-state index contributed by atoms with van der Waals surface area (Å²) in [7, 11) is -3.82. The smallest absolute Gasteiger partial charge is 0.251 e. The van der Waals surface area contributed by atoms with Crippen LogP contribution >= 0.6 is 0 Å². The van der Waals surface area contributed by atoms with E-state index in [4.69, 9.17) is 5.14 Å². The molecule has 3 rings (SSSR count). The molecule has 4 N–H and O–H groups in total. The molecule has 1 atom stereocenters. The minimum atomic E-state index is -3.82. The summed E-state index contributed by atoms with van der Waals surface area (Å²) in [5, 5.41) is 19.1. The minimum absolute atomic E-state index is 0.0140. The zero-order valence-corrected chi connectivity index (χ0v) is 19.1. The van der Waals surface area contributed by atoms with Crippen LogP contribution in [0.5, 0.6) is 0 Å². The van der Waals surface area contributed by atoms with Gasteiger partial charge in [-0.3, -0.25) is 9.59 Å². The number of primary sulfonamides is 1. The average molecular weight is 463 g/mol. The van der Waals surface area contributed by atoms with Crippen LogP contribution in [0.4, 0.5) is 0 Å². The normalized spacial score (nSPS) is 16.0. The van der Waals surface area contributed by atoms with Crippen molar-refractivity contribution in [3.05, 3.63) is 41.7 Å². The molecule has 32 heavy (non-hydrogen) atoms. The van der Waals surface area contributed by atoms with Crippen molar-refractivity contribution in [3.63, 3.8) is 0 Å². The highest BCUT2D eigenvalue weighted by molar-refractivity contribution is 7.89. The van der Waals surface area contributed by atoms with Crippen molar-refractivity contribution in [2.75, 3.05) is 0 Å². The van der Waals surface area contributed by atoms with Gasteiger partial charge in [-0.05, 0) is 43.0 Å². The van der Waals surface area contributed by atoms with Crippen molar-refractivity contribution in [1.29, 1.82) is 0 Å². The lowest BCUT2D eigenvalue weighted by Crippen LogP contribution is -2.42. The summed E-state index contributed by atoms with van der Waals surface area (Å²) in [6.07, 6.45) is 7.15. The molecular weight excluding hydrogens is 432 g/mol. The van der Waals surface area contributed by atoms with Gasteiger partial charge in [0.1, 0.15) is 11.7 Å². The maximum absolute atomic E-state index is 12.9. The molecule has 0 saturated heterocycles. The Bertz CT molecular complexity index is 1040. The van der Waals surface area contributed by atoms with Gasteiger partial charge in [0.05, 0.1) is 17.6 Å². The van der Waals surface area contributed by atoms with E-state index in [1.54, 1.807) is 10.9 Å². The third-order valence-electron chi connectivity index (χ3n) is 5.57. The summed E-state index contributed by atoms with van der Waals surface area (Å²) in [5.74, 6) is -0.446. The van der Waals surface area contributed by atoms with Crippen LogP contribution in [0.3, 0.4) is 0 Å². The van der Waals surface area contributed by atoms with E-state index in [1.165, 1.54) is 30.7 Å². The number of hydrogen-bond donors (Lipinski definition) is 3. The summed E-state index contributed by atoms with van der Waals surface area (Å²) in [6.45, 7) is 4.03. The molecule has 10 nitrogen and oxygen atoms in total. The quantitative estimate of drug-likeness (QED) is 0.541. The fourth-order valence-electron chi connectivity index (χ4n) is 3.86. The summed E-state index contributed by atoms with van der Waals surface area (Å²) in [6, 6.07) is 5.05. The molecule has 1 unspecified atom stereocenters. The number of nitrogens with one attached hydrogen (secondary N) is 2. The molecule has 1 fully saturated rings. The van der Waals surface area contributed by atoms with Crippen LogP contribution in [0.1, 0.15) is 68.0 Å². The number of carbonyl (C=O) groups excluding carboxylic acids is 2. The first-order valence-electron chi connectivity index (χ1n) is 10.8. The maximum Gasteiger partial charge on any atom is 0.251 e. The van der Waals surface area contributed by atoms with Gasteiger partial charge in [0.15, 0.2) is 0 Å². The second-order valence-electron chi connectivity index (χ2n) is 8.47. The molecular formula is C21H30N6O4S. The van der Waals surface area contributed by atoms with Crippen LogP contribution in [0.25, 0.3) is 0 Å². The molecule has 11 heteroatoms. The molecule has 0 radical (unpaired) electrons. The predicted octanol–water partition coefficient (Wildman–Crippen LogP) is 1.50. The first-order valence-corrected chi connectivity index (χ1v) is 12.3. The molecule has 1 aliphatic rings. The zero-order valence-electron chi connectivity index (χ0n) is 18.3. The van der Waals surface area contributed by atoms with E-state index in [1.807, 2.05) is 13.8 Å². The van der Waals surface area contributed by atoms with Crippen molar-refractivity contribution < 1.29 is 18.0 Å². The Labute approximate surface area is 188 Å². The van der Waals surface area contributed by atoms with E-state index in [0.717, 1.165) is 25.7 Å². The molecule has 2 amide bonds. The Balaban J connectivity index is 1.60. The number of sulfonamides is 1. The number of benzene rings is 1. The fraction of sp³-hybridized carbons (Fsp3) is 0.524. The van der Waals surface area contributed by atoms with Gasteiger partial charge in [-0.15, -0.1) is 5.10 Å². The topological polar surface area (TPSA) is 149 Å². The van der Waals surface area contributed by atoms with Gasteiger partial charge < -0.3 is 10.6 Å². The average Bonchev–Trinajstić information content (AvgIpc) is 3.20. The van der Waals surface area contributed by atoms with E-state index < -0.39 is 22.0 Å². The number of nitrogens with two attached hydrogens (primary N) is 1. The highest BCUT2D eigenvalue weighted by Crippen LogP contribution is 2.21. The molecule has 0 aliphatic heterocycles. The van der Waals surface area contributed by atoms with E-state index in [0.29, 0.717) is 5.69 Å². The van der Waals surface area contributed by atoms with Crippen molar-refractivity contribution in [3.8, 4) is 0 Å². The summed E-state index contributed by atoms with van der Waals surface area (Å²) in [5.41, 5.74) is 0.798. The Morgan fingerprint density at radius 3 is 2.41 bits per heavy atom. The highest BCUT2D eigenvalue weighted by atomic mass is 32.2. The van der Waals surface area contributed by atoms with Crippen molar-refractivity contribution in [1.82, 2.24) is 25.6 Å². The van der Waals surface area contributed by atoms with Gasteiger partial charge in [-0.1, -0.05) is 38.3 Å². The predicted molar refractivity (Wildman–Crippen MR) is 118 cm³/mol. The Morgan fingerprint density at radius 1 is 1.16 bits per heavy atom. The third kappa shape index (κ3) is 6.13. The number of hydrogen-bond acceptors (Lipinski definition) is 6. The Morgan fingerprint density at radius 2 is 1.81 bits per heavy atom. The third-order valence-corrected chi connectivity index (χ3v) is 6.50. The second kappa shape index (κ2) is 10.2. The van der Waals surface area contributed by atoms with Gasteiger partial charge in [-0.25, -0.2) is 18.2 Å². The molecule has 1 aromatic carbocycles. The van der Waals surface area contributed by atoms with Crippen LogP contribution in [0.15, 0.2) is 35.4 Å². The van der Waals surface area contributed by atoms with Gasteiger partial charge in [0.25, 0.3) is 5.91 Å². The van der Waals surface area contributed by atoms with Crippen LogP contribution in [-0.4, -0.2) is 41.3 Å². The first-order chi connectivity index (χ1) is 15.1. The van der Waals surface area contributed by atoms with Gasteiger partial charge in [-0.2, -0.15) is 0 Å². The highest BCUT2D eigenvalue weighted by Gasteiger charge is 2.28. The van der Waals surface area contributed by atoms with Crippen LogP contribution in [0, 0.1) is 5.92 Å². The lowest BCUT2D eigenvalue weighted by atomic mass is 9.94. The van der Waals surface area contributed by atoms with E-state index >= 15 is 0 Å². The van der Waals surface area contributed by atoms with E-state index in [9.17, 15) is 18.0 Å². The molecule has 0 bridgehead atoms. The minimum Gasteiger partial charge on any atom is -0.352 e. The van der Waals surface area contributed by atoms with Gasteiger partial charge in [0, 0.05) is 11.6 Å². The standard InChI is InChI=1S/C21H30N6O4S/c1-14(2)19(21(29)24-16-6-4-3-5-7-16)27-13-17(25-26-27)12-23-20(28)15-8-10-18(11-9-15)32(22,30)31/h8-11,13-14,16,19H,3-7,12H2,1-2H3,(H,23,28)(H,24,29)(H2,22,30,31). The zero-order chi connectivity index (χ0) is 23.3. The lowest BCUT2D eigenvalue weighted by Gasteiger charge is -2.27. The largest absolute Gasteiger partial charge is 0.352 e. The summed E-state index contributed by atoms with van der Waals surface area (Å²) >= 11 is 0.